The summed E-state index contributed by atoms with van der Waals surface area (Å²) < 4.78 is 17.1. The van der Waals surface area contributed by atoms with E-state index in [0.29, 0.717) is 28.5 Å². The molecule has 0 fully saturated rings. The number of ether oxygens (including phenoxy) is 3. The average molecular weight is 366 g/mol. The molecule has 0 bridgehead atoms. The van der Waals surface area contributed by atoms with Gasteiger partial charge in [0.2, 0.25) is 12.2 Å². The number of allylic oxidation sites excluding steroid dienone is 2. The van der Waals surface area contributed by atoms with Crippen LogP contribution in [-0.4, -0.2) is 31.5 Å². The Morgan fingerprint density at radius 3 is 2.50 bits per heavy atom. The van der Waals surface area contributed by atoms with Crippen molar-refractivity contribution in [1.82, 2.24) is 0 Å². The number of benzene rings is 1. The molecule has 1 heterocycles. The summed E-state index contributed by atoms with van der Waals surface area (Å²) in [5.41, 5.74) is 2.26. The lowest BCUT2D eigenvalue weighted by molar-refractivity contribution is 0.00309. The van der Waals surface area contributed by atoms with E-state index in [2.05, 4.69) is 20.9 Å². The molecule has 5 nitrogen and oxygen atoms in total. The maximum atomic E-state index is 10.2. The van der Waals surface area contributed by atoms with Gasteiger partial charge in [0.15, 0.2) is 0 Å². The van der Waals surface area contributed by atoms with Gasteiger partial charge in [-0.25, -0.2) is 4.99 Å². The largest absolute Gasteiger partial charge is 0.497 e. The quantitative estimate of drug-likeness (QED) is 0.893. The van der Waals surface area contributed by atoms with E-state index in [9.17, 15) is 5.11 Å². The highest BCUT2D eigenvalue weighted by Crippen LogP contribution is 2.34. The first kappa shape index (κ1) is 15.1. The minimum absolute atomic E-state index is 0.370. The summed E-state index contributed by atoms with van der Waals surface area (Å²) in [5.74, 6) is 1.65. The third kappa shape index (κ3) is 2.89. The van der Waals surface area contributed by atoms with E-state index < -0.39 is 6.29 Å². The number of rotatable bonds is 3. The van der Waals surface area contributed by atoms with E-state index >= 15 is 0 Å². The van der Waals surface area contributed by atoms with Crippen LogP contribution in [0, 0.1) is 0 Å². The average Bonchev–Trinajstić information content (AvgIpc) is 2.54. The van der Waals surface area contributed by atoms with Crippen molar-refractivity contribution in [3.8, 4) is 11.5 Å². The number of nitrogens with zero attached hydrogens (tertiary/aromatic N) is 1. The molecule has 6 heteroatoms. The molecule has 1 N–H and O–H groups in total. The fourth-order valence-corrected chi connectivity index (χ4v) is 2.87. The first-order valence-corrected chi connectivity index (χ1v) is 7.66. The molecular weight excluding hydrogens is 350 g/mol. The molecule has 0 saturated carbocycles. The van der Waals surface area contributed by atoms with Crippen molar-refractivity contribution < 1.29 is 19.3 Å². The van der Waals surface area contributed by atoms with Gasteiger partial charge < -0.3 is 19.3 Å². The predicted octanol–water partition coefficient (Wildman–Crippen LogP) is 3.13. The van der Waals surface area contributed by atoms with Crippen LogP contribution in [0.1, 0.15) is 18.4 Å². The van der Waals surface area contributed by atoms with E-state index in [1.54, 1.807) is 32.4 Å². The molecule has 1 unspecified atom stereocenters. The van der Waals surface area contributed by atoms with Crippen LogP contribution in [0.4, 0.5) is 0 Å². The Bertz CT molecular complexity index is 671. The number of halogens is 1. The van der Waals surface area contributed by atoms with Crippen molar-refractivity contribution in [1.29, 1.82) is 0 Å². The molecule has 1 aliphatic heterocycles. The minimum atomic E-state index is -1.02. The van der Waals surface area contributed by atoms with Gasteiger partial charge >= 0.3 is 0 Å². The Balaban J connectivity index is 2.03. The van der Waals surface area contributed by atoms with Crippen LogP contribution in [0.2, 0.25) is 0 Å². The number of aliphatic hydroxyl groups is 1. The number of aliphatic imine (C=N–C) groups is 1. The van der Waals surface area contributed by atoms with Crippen LogP contribution < -0.4 is 9.47 Å². The normalized spacial score (nSPS) is 20.6. The van der Waals surface area contributed by atoms with Gasteiger partial charge in [-0.15, -0.1) is 0 Å². The highest BCUT2D eigenvalue weighted by atomic mass is 79.9. The van der Waals surface area contributed by atoms with Gasteiger partial charge in [0.1, 0.15) is 11.5 Å². The predicted molar refractivity (Wildman–Crippen MR) is 86.4 cm³/mol. The molecule has 1 aliphatic carbocycles. The molecule has 2 aliphatic rings. The molecule has 0 saturated heterocycles. The van der Waals surface area contributed by atoms with Gasteiger partial charge in [-0.1, -0.05) is 15.9 Å². The SMILES string of the molecule is COc1cc(OC)cc(C2=NC3=C(C=C(Br)CC3)C(O)O2)c1. The smallest absolute Gasteiger partial charge is 0.227 e. The molecular formula is C16H16BrNO4. The third-order valence-electron chi connectivity index (χ3n) is 3.57. The van der Waals surface area contributed by atoms with Crippen molar-refractivity contribution in [3.05, 3.63) is 45.6 Å². The zero-order chi connectivity index (χ0) is 15.7. The van der Waals surface area contributed by atoms with Crippen LogP contribution in [0.3, 0.4) is 0 Å². The summed E-state index contributed by atoms with van der Waals surface area (Å²) in [6.45, 7) is 0. The molecule has 1 aromatic rings. The zero-order valence-electron chi connectivity index (χ0n) is 12.3. The van der Waals surface area contributed by atoms with E-state index in [1.165, 1.54) is 0 Å². The summed E-state index contributed by atoms with van der Waals surface area (Å²) in [4.78, 5) is 4.55. The lowest BCUT2D eigenvalue weighted by Gasteiger charge is -2.26. The summed E-state index contributed by atoms with van der Waals surface area (Å²) >= 11 is 3.45. The second kappa shape index (κ2) is 6.14. The second-order valence-electron chi connectivity index (χ2n) is 4.98. The Morgan fingerprint density at radius 2 is 1.86 bits per heavy atom. The number of methoxy groups -OCH3 is 2. The maximum absolute atomic E-state index is 10.2. The highest BCUT2D eigenvalue weighted by Gasteiger charge is 2.27. The summed E-state index contributed by atoms with van der Waals surface area (Å²) in [7, 11) is 3.17. The van der Waals surface area contributed by atoms with Gasteiger partial charge in [-0.2, -0.15) is 0 Å². The van der Waals surface area contributed by atoms with Gasteiger partial charge in [0.25, 0.3) is 0 Å². The topological polar surface area (TPSA) is 60.3 Å². The van der Waals surface area contributed by atoms with Crippen molar-refractivity contribution in [2.75, 3.05) is 14.2 Å². The van der Waals surface area contributed by atoms with E-state index in [1.807, 2.05) is 6.08 Å². The molecule has 3 rings (SSSR count). The van der Waals surface area contributed by atoms with Crippen molar-refractivity contribution in [3.63, 3.8) is 0 Å². The van der Waals surface area contributed by atoms with Crippen molar-refractivity contribution in [2.45, 2.75) is 19.1 Å². The van der Waals surface area contributed by atoms with Crippen LogP contribution >= 0.6 is 15.9 Å². The van der Waals surface area contributed by atoms with Crippen molar-refractivity contribution >= 4 is 21.8 Å². The summed E-state index contributed by atoms with van der Waals surface area (Å²) in [5, 5.41) is 10.2. The Morgan fingerprint density at radius 1 is 1.18 bits per heavy atom. The fourth-order valence-electron chi connectivity index (χ4n) is 2.42. The highest BCUT2D eigenvalue weighted by molar-refractivity contribution is 9.11. The molecule has 1 atom stereocenters. The van der Waals surface area contributed by atoms with Crippen LogP contribution in [0.15, 0.2) is 45.0 Å². The molecule has 1 aromatic carbocycles. The molecule has 0 aromatic heterocycles. The molecule has 22 heavy (non-hydrogen) atoms. The third-order valence-corrected chi connectivity index (χ3v) is 4.20. The van der Waals surface area contributed by atoms with E-state index in [0.717, 1.165) is 23.0 Å². The minimum Gasteiger partial charge on any atom is -0.497 e. The van der Waals surface area contributed by atoms with Crippen LogP contribution in [0.25, 0.3) is 0 Å². The van der Waals surface area contributed by atoms with Crippen molar-refractivity contribution in [2.24, 2.45) is 4.99 Å². The molecule has 116 valence electrons. The number of hydrogen-bond donors (Lipinski definition) is 1. The first-order chi connectivity index (χ1) is 10.6. The van der Waals surface area contributed by atoms with E-state index in [-0.39, 0.29) is 0 Å². The second-order valence-corrected chi connectivity index (χ2v) is 6.00. The molecule has 0 radical (unpaired) electrons. The summed E-state index contributed by atoms with van der Waals surface area (Å²) in [6.07, 6.45) is 2.48. The van der Waals surface area contributed by atoms with Gasteiger partial charge in [0, 0.05) is 17.2 Å². The Hall–Kier alpha value is -1.79. The number of aliphatic hydroxyl groups excluding tert-OH is 1. The Labute approximate surface area is 137 Å². The standard InChI is InChI=1S/C16H16BrNO4/c1-20-11-5-9(6-12(8-11)21-2)15-18-14-4-3-10(17)7-13(14)16(19)22-15/h5-8,16,19H,3-4H2,1-2H3. The number of hydrogen-bond acceptors (Lipinski definition) is 5. The lowest BCUT2D eigenvalue weighted by atomic mass is 10.0. The zero-order valence-corrected chi connectivity index (χ0v) is 13.9. The van der Waals surface area contributed by atoms with E-state index in [4.69, 9.17) is 14.2 Å². The van der Waals surface area contributed by atoms with Gasteiger partial charge in [-0.05, 0) is 35.5 Å². The first-order valence-electron chi connectivity index (χ1n) is 6.86. The van der Waals surface area contributed by atoms with Gasteiger partial charge in [0.05, 0.1) is 19.9 Å². The maximum Gasteiger partial charge on any atom is 0.227 e. The fraction of sp³-hybridized carbons (Fsp3) is 0.312. The van der Waals surface area contributed by atoms with Crippen LogP contribution in [-0.2, 0) is 4.74 Å². The molecule has 0 amide bonds. The molecule has 0 spiro atoms. The van der Waals surface area contributed by atoms with Crippen LogP contribution in [0.5, 0.6) is 11.5 Å². The summed E-state index contributed by atoms with van der Waals surface area (Å²) in [6, 6.07) is 5.37. The Kier molecular flexibility index (Phi) is 4.22. The monoisotopic (exact) mass is 365 g/mol. The van der Waals surface area contributed by atoms with Gasteiger partial charge in [-0.3, -0.25) is 0 Å². The lowest BCUT2D eigenvalue weighted by Crippen LogP contribution is -2.26.